The fourth-order valence-electron chi connectivity index (χ4n) is 0.441. The Hall–Kier alpha value is -1.83. The van der Waals surface area contributed by atoms with Gasteiger partial charge in [-0.3, -0.25) is 9.59 Å². The lowest BCUT2D eigenvalue weighted by molar-refractivity contribution is -0.133. The second-order valence-electron chi connectivity index (χ2n) is 1.86. The Morgan fingerprint density at radius 3 is 1.91 bits per heavy atom. The maximum Gasteiger partial charge on any atom is 0.290 e. The maximum atomic E-state index is 10.7. The summed E-state index contributed by atoms with van der Waals surface area (Å²) < 4.78 is 0. The third kappa shape index (κ3) is 2.10. The Kier molecular flexibility index (Phi) is 2.81. The molecular formula is C6H7N3O2. The molecule has 5 heteroatoms. The molecule has 0 aromatic rings. The molecule has 0 aromatic heterocycles. The number of nitriles is 1. The van der Waals surface area contributed by atoms with Crippen molar-refractivity contribution in [2.24, 2.45) is 11.5 Å². The van der Waals surface area contributed by atoms with E-state index in [1.807, 2.05) is 0 Å². The van der Waals surface area contributed by atoms with Crippen LogP contribution in [0.4, 0.5) is 0 Å². The molecule has 4 N–H and O–H groups in total. The van der Waals surface area contributed by atoms with Gasteiger partial charge >= 0.3 is 0 Å². The number of primary amides is 1. The Morgan fingerprint density at radius 1 is 1.36 bits per heavy atom. The van der Waals surface area contributed by atoms with Gasteiger partial charge in [-0.1, -0.05) is 0 Å². The number of ketones is 1. The van der Waals surface area contributed by atoms with Crippen LogP contribution in [-0.2, 0) is 9.59 Å². The summed E-state index contributed by atoms with van der Waals surface area (Å²) in [5.41, 5.74) is 9.34. The van der Waals surface area contributed by atoms with E-state index in [9.17, 15) is 9.59 Å². The molecule has 11 heavy (non-hydrogen) atoms. The molecule has 5 nitrogen and oxygen atoms in total. The van der Waals surface area contributed by atoms with E-state index in [1.54, 1.807) is 0 Å². The van der Waals surface area contributed by atoms with Crippen molar-refractivity contribution in [2.45, 2.75) is 6.92 Å². The molecule has 0 heterocycles. The van der Waals surface area contributed by atoms with E-state index < -0.39 is 17.3 Å². The van der Waals surface area contributed by atoms with Gasteiger partial charge < -0.3 is 11.5 Å². The smallest absolute Gasteiger partial charge is 0.290 e. The summed E-state index contributed by atoms with van der Waals surface area (Å²) in [4.78, 5) is 20.9. The van der Waals surface area contributed by atoms with Crippen molar-refractivity contribution in [3.63, 3.8) is 0 Å². The number of nitrogens with zero attached hydrogens (tertiary/aromatic N) is 1. The molecule has 0 saturated carbocycles. The van der Waals surface area contributed by atoms with Gasteiger partial charge in [0.25, 0.3) is 11.7 Å². The van der Waals surface area contributed by atoms with E-state index in [0.717, 1.165) is 0 Å². The van der Waals surface area contributed by atoms with E-state index in [1.165, 1.54) is 13.0 Å². The summed E-state index contributed by atoms with van der Waals surface area (Å²) in [5.74, 6) is -2.22. The van der Waals surface area contributed by atoms with E-state index >= 15 is 0 Å². The molecule has 0 fully saturated rings. The number of rotatable bonds is 2. The van der Waals surface area contributed by atoms with Crippen LogP contribution in [0.2, 0.25) is 0 Å². The van der Waals surface area contributed by atoms with Crippen LogP contribution in [-0.4, -0.2) is 11.7 Å². The zero-order chi connectivity index (χ0) is 9.02. The molecule has 58 valence electrons. The number of carbonyl (C=O) groups is 2. The molecule has 0 saturated heterocycles. The minimum absolute atomic E-state index is 0.00343. The monoisotopic (exact) mass is 153 g/mol. The van der Waals surface area contributed by atoms with E-state index in [-0.39, 0.29) is 5.70 Å². The van der Waals surface area contributed by atoms with Gasteiger partial charge in [0.05, 0.1) is 0 Å². The lowest BCUT2D eigenvalue weighted by Gasteiger charge is -1.94. The van der Waals surface area contributed by atoms with Crippen molar-refractivity contribution < 1.29 is 9.59 Å². The molecule has 0 bridgehead atoms. The summed E-state index contributed by atoms with van der Waals surface area (Å²) in [6, 6.07) is 1.49. The first-order valence-corrected chi connectivity index (χ1v) is 2.71. The molecular weight excluding hydrogens is 146 g/mol. The second kappa shape index (κ2) is 3.37. The van der Waals surface area contributed by atoms with E-state index in [2.05, 4.69) is 5.73 Å². The predicted octanol–water partition coefficient (Wildman–Crippen LogP) is -1.20. The van der Waals surface area contributed by atoms with Gasteiger partial charge in [0.1, 0.15) is 11.6 Å². The first-order valence-electron chi connectivity index (χ1n) is 2.71. The van der Waals surface area contributed by atoms with Crippen LogP contribution in [0, 0.1) is 11.3 Å². The van der Waals surface area contributed by atoms with Crippen LogP contribution < -0.4 is 11.5 Å². The SMILES string of the molecule is CC(N)=C(C#N)C(=O)C(N)=O. The van der Waals surface area contributed by atoms with Gasteiger partial charge in [-0.15, -0.1) is 0 Å². The minimum atomic E-state index is -1.17. The number of amides is 1. The van der Waals surface area contributed by atoms with Crippen LogP contribution in [0.3, 0.4) is 0 Å². The highest BCUT2D eigenvalue weighted by Gasteiger charge is 2.16. The van der Waals surface area contributed by atoms with E-state index in [4.69, 9.17) is 11.0 Å². The highest BCUT2D eigenvalue weighted by Crippen LogP contribution is 1.97. The van der Waals surface area contributed by atoms with Gasteiger partial charge in [0.2, 0.25) is 0 Å². The first-order chi connectivity index (χ1) is 5.00. The molecule has 1 amide bonds. The third-order valence-electron chi connectivity index (χ3n) is 0.957. The number of nitrogens with two attached hydrogens (primary N) is 2. The van der Waals surface area contributed by atoms with Crippen LogP contribution in [0.25, 0.3) is 0 Å². The minimum Gasteiger partial charge on any atom is -0.401 e. The largest absolute Gasteiger partial charge is 0.401 e. The van der Waals surface area contributed by atoms with Crippen LogP contribution >= 0.6 is 0 Å². The summed E-state index contributed by atoms with van der Waals surface area (Å²) >= 11 is 0. The Balaban J connectivity index is 4.88. The molecule has 0 aliphatic carbocycles. The predicted molar refractivity (Wildman–Crippen MR) is 36.7 cm³/mol. The number of carbonyl (C=O) groups excluding carboxylic acids is 2. The van der Waals surface area contributed by atoms with Crippen LogP contribution in [0.15, 0.2) is 11.3 Å². The molecule has 0 rings (SSSR count). The highest BCUT2D eigenvalue weighted by atomic mass is 16.2. The lowest BCUT2D eigenvalue weighted by atomic mass is 10.1. The molecule has 0 aliphatic heterocycles. The fourth-order valence-corrected chi connectivity index (χ4v) is 0.441. The highest BCUT2D eigenvalue weighted by molar-refractivity contribution is 6.43. The second-order valence-corrected chi connectivity index (χ2v) is 1.86. The fraction of sp³-hybridized carbons (Fsp3) is 0.167. The zero-order valence-corrected chi connectivity index (χ0v) is 5.92. The van der Waals surface area contributed by atoms with Crippen molar-refractivity contribution in [3.8, 4) is 6.07 Å². The van der Waals surface area contributed by atoms with Gasteiger partial charge in [-0.25, -0.2) is 0 Å². The summed E-state index contributed by atoms with van der Waals surface area (Å²) in [5, 5.41) is 8.30. The van der Waals surface area contributed by atoms with Gasteiger partial charge in [0.15, 0.2) is 0 Å². The molecule has 0 aromatic carbocycles. The number of hydrogen-bond donors (Lipinski definition) is 2. The van der Waals surface area contributed by atoms with Crippen LogP contribution in [0.1, 0.15) is 6.92 Å². The van der Waals surface area contributed by atoms with Crippen LogP contribution in [0.5, 0.6) is 0 Å². The Morgan fingerprint density at radius 2 is 1.82 bits per heavy atom. The average molecular weight is 153 g/mol. The number of hydrogen-bond acceptors (Lipinski definition) is 4. The molecule has 0 radical (unpaired) electrons. The number of Topliss-reactive ketones (excluding diaryl/α,β-unsaturated/α-hetero) is 1. The van der Waals surface area contributed by atoms with Gasteiger partial charge in [0, 0.05) is 5.70 Å². The third-order valence-corrected chi connectivity index (χ3v) is 0.957. The molecule has 0 unspecified atom stereocenters. The molecule has 0 atom stereocenters. The first kappa shape index (κ1) is 9.17. The summed E-state index contributed by atoms with van der Waals surface area (Å²) in [6.45, 7) is 1.35. The van der Waals surface area contributed by atoms with Crippen molar-refractivity contribution in [1.82, 2.24) is 0 Å². The van der Waals surface area contributed by atoms with Gasteiger partial charge in [-0.05, 0) is 6.92 Å². The molecule has 0 aliphatic rings. The Labute approximate surface area is 63.3 Å². The van der Waals surface area contributed by atoms with Crippen molar-refractivity contribution >= 4 is 11.7 Å². The standard InChI is InChI=1S/C6H7N3O2/c1-3(8)4(2-7)5(10)6(9)11/h8H2,1H3,(H2,9,11). The molecule has 0 spiro atoms. The normalized spacial score (nSPS) is 11.3. The van der Waals surface area contributed by atoms with Crippen molar-refractivity contribution in [2.75, 3.05) is 0 Å². The van der Waals surface area contributed by atoms with Crippen molar-refractivity contribution in [1.29, 1.82) is 5.26 Å². The summed E-state index contributed by atoms with van der Waals surface area (Å²) in [7, 11) is 0. The topological polar surface area (TPSA) is 110 Å². The van der Waals surface area contributed by atoms with E-state index in [0.29, 0.717) is 0 Å². The zero-order valence-electron chi connectivity index (χ0n) is 5.92. The average Bonchev–Trinajstić information content (AvgIpc) is 1.88. The quantitative estimate of drug-likeness (QED) is 0.295. The number of allylic oxidation sites excluding steroid dienone is 1. The summed E-state index contributed by atoms with van der Waals surface area (Å²) in [6.07, 6.45) is 0. The van der Waals surface area contributed by atoms with Crippen molar-refractivity contribution in [3.05, 3.63) is 11.3 Å². The lowest BCUT2D eigenvalue weighted by Crippen LogP contribution is -2.25. The Bertz CT molecular complexity index is 268. The maximum absolute atomic E-state index is 10.7. The van der Waals surface area contributed by atoms with Gasteiger partial charge in [-0.2, -0.15) is 5.26 Å².